The Morgan fingerprint density at radius 2 is 0.936 bits per heavy atom. The van der Waals surface area contributed by atoms with Crippen molar-refractivity contribution in [3.05, 3.63) is 36.5 Å². The van der Waals surface area contributed by atoms with Gasteiger partial charge >= 0.3 is 59.7 Å². The Morgan fingerprint density at radius 3 is 1.28 bits per heavy atom. The van der Waals surface area contributed by atoms with Gasteiger partial charge in [-0.25, -0.2) is 14.4 Å². The number of carbonyl (C=O) groups excluding carboxylic acids is 4. The lowest BCUT2D eigenvalue weighted by atomic mass is 9.91. The van der Waals surface area contributed by atoms with Crippen molar-refractivity contribution in [1.29, 1.82) is 0 Å². The number of rotatable bonds is 17. The Hall–Kier alpha value is -3.81. The number of halogens is 13. The zero-order chi connectivity index (χ0) is 37.8. The van der Waals surface area contributed by atoms with Crippen LogP contribution in [0.4, 0.5) is 57.1 Å². The highest BCUT2D eigenvalue weighted by atomic mass is 19.4. The highest BCUT2D eigenvalue weighted by Gasteiger charge is 2.90. The molecule has 0 fully saturated rings. The molecule has 0 amide bonds. The maximum absolute atomic E-state index is 14.6. The van der Waals surface area contributed by atoms with Gasteiger partial charge in [0.25, 0.3) is 0 Å². The molecule has 0 radical (unpaired) electrons. The van der Waals surface area contributed by atoms with Gasteiger partial charge in [-0.3, -0.25) is 4.79 Å². The standard InChI is InChI=1S/C26H27F13O8/c1-12(2)16(40)45-10-20(7,11-46-17(41)13(3)4)19(43)44-9-15(47-18(42)14(5)6)8-21(27,28)22(29,30)23(31,32)24(33,34)25(35,36)26(37,38)39/h15H,1,3,5,8-11H2,2,4,6-7H3. The summed E-state index contributed by atoms with van der Waals surface area (Å²) >= 11 is 0. The fourth-order valence-electron chi connectivity index (χ4n) is 2.80. The van der Waals surface area contributed by atoms with Crippen LogP contribution in [0.1, 0.15) is 34.1 Å². The fourth-order valence-corrected chi connectivity index (χ4v) is 2.80. The van der Waals surface area contributed by atoms with E-state index in [1.807, 2.05) is 0 Å². The molecule has 0 rings (SSSR count). The minimum atomic E-state index is -8.17. The van der Waals surface area contributed by atoms with E-state index in [2.05, 4.69) is 29.2 Å². The molecule has 0 N–H and O–H groups in total. The predicted octanol–water partition coefficient (Wildman–Crippen LogP) is 6.39. The van der Waals surface area contributed by atoms with Gasteiger partial charge in [-0.05, 0) is 27.7 Å². The largest absolute Gasteiger partial charge is 0.461 e. The second-order valence-corrected chi connectivity index (χ2v) is 10.4. The van der Waals surface area contributed by atoms with Crippen LogP contribution < -0.4 is 0 Å². The summed E-state index contributed by atoms with van der Waals surface area (Å²) in [6.07, 6.45) is -13.7. The van der Waals surface area contributed by atoms with Crippen molar-refractivity contribution in [3.8, 4) is 0 Å². The van der Waals surface area contributed by atoms with Crippen molar-refractivity contribution in [1.82, 2.24) is 0 Å². The normalized spacial score (nSPS) is 14.1. The van der Waals surface area contributed by atoms with Crippen LogP contribution in [-0.2, 0) is 38.1 Å². The molecule has 0 saturated heterocycles. The van der Waals surface area contributed by atoms with Crippen molar-refractivity contribution in [2.75, 3.05) is 19.8 Å². The van der Waals surface area contributed by atoms with Crippen LogP contribution in [0.25, 0.3) is 0 Å². The average Bonchev–Trinajstić information content (AvgIpc) is 2.91. The molecule has 1 atom stereocenters. The molecule has 0 bridgehead atoms. The monoisotopic (exact) mass is 714 g/mol. The smallest absolute Gasteiger partial charge is 0.460 e. The molecule has 0 aromatic carbocycles. The lowest BCUT2D eigenvalue weighted by Crippen LogP contribution is -2.70. The maximum atomic E-state index is 14.6. The highest BCUT2D eigenvalue weighted by Crippen LogP contribution is 2.60. The maximum Gasteiger partial charge on any atom is 0.460 e. The molecular weight excluding hydrogens is 687 g/mol. The SMILES string of the molecule is C=C(C)C(=O)OCC(C)(COC(=O)C(=C)C)C(=O)OCC(CC(F)(F)C(F)(F)C(F)(F)C(F)(F)C(F)(F)C(F)(F)F)OC(=O)C(=C)C. The van der Waals surface area contributed by atoms with Crippen LogP contribution in [0, 0.1) is 5.41 Å². The zero-order valence-electron chi connectivity index (χ0n) is 24.7. The van der Waals surface area contributed by atoms with Crippen molar-refractivity contribution in [3.63, 3.8) is 0 Å². The summed E-state index contributed by atoms with van der Waals surface area (Å²) in [5.74, 6) is -44.5. The molecule has 0 aliphatic carbocycles. The minimum absolute atomic E-state index is 0.232. The molecule has 0 aromatic heterocycles. The molecule has 21 heteroatoms. The Bertz CT molecular complexity index is 1230. The Balaban J connectivity index is 6.55. The first-order chi connectivity index (χ1) is 20.7. The van der Waals surface area contributed by atoms with Gasteiger partial charge in [-0.1, -0.05) is 19.7 Å². The van der Waals surface area contributed by atoms with Crippen LogP contribution in [-0.4, -0.2) is 85.6 Å². The molecule has 0 aliphatic heterocycles. The van der Waals surface area contributed by atoms with Crippen LogP contribution >= 0.6 is 0 Å². The van der Waals surface area contributed by atoms with Gasteiger partial charge in [-0.2, -0.15) is 57.1 Å². The number of esters is 4. The van der Waals surface area contributed by atoms with E-state index in [1.165, 1.54) is 0 Å². The summed E-state index contributed by atoms with van der Waals surface area (Å²) in [5.41, 5.74) is -3.47. The number of alkyl halides is 13. The van der Waals surface area contributed by atoms with E-state index >= 15 is 0 Å². The second-order valence-electron chi connectivity index (χ2n) is 10.4. The molecule has 0 spiro atoms. The van der Waals surface area contributed by atoms with Gasteiger partial charge in [0.05, 0.1) is 6.42 Å². The van der Waals surface area contributed by atoms with E-state index in [1.54, 1.807) is 0 Å². The molecule has 47 heavy (non-hydrogen) atoms. The lowest BCUT2D eigenvalue weighted by Gasteiger charge is -2.40. The van der Waals surface area contributed by atoms with Crippen molar-refractivity contribution in [2.45, 2.75) is 76.0 Å². The minimum Gasteiger partial charge on any atom is -0.461 e. The van der Waals surface area contributed by atoms with Gasteiger partial charge in [0.2, 0.25) is 0 Å². The quantitative estimate of drug-likeness (QED) is 0.0739. The lowest BCUT2D eigenvalue weighted by molar-refractivity contribution is -0.440. The Morgan fingerprint density at radius 1 is 0.574 bits per heavy atom. The van der Waals surface area contributed by atoms with Gasteiger partial charge < -0.3 is 18.9 Å². The van der Waals surface area contributed by atoms with Crippen molar-refractivity contribution < 1.29 is 95.2 Å². The van der Waals surface area contributed by atoms with Crippen LogP contribution in [0.5, 0.6) is 0 Å². The Kier molecular flexibility index (Phi) is 13.4. The van der Waals surface area contributed by atoms with Gasteiger partial charge in [0.15, 0.2) is 0 Å². The molecule has 0 saturated carbocycles. The average molecular weight is 714 g/mol. The first-order valence-electron chi connectivity index (χ1n) is 12.4. The summed E-state index contributed by atoms with van der Waals surface area (Å²) in [5, 5.41) is 0. The molecule has 0 heterocycles. The predicted molar refractivity (Wildman–Crippen MR) is 131 cm³/mol. The van der Waals surface area contributed by atoms with Gasteiger partial charge in [-0.15, -0.1) is 0 Å². The van der Waals surface area contributed by atoms with Crippen LogP contribution in [0.2, 0.25) is 0 Å². The van der Waals surface area contributed by atoms with Gasteiger partial charge in [0.1, 0.15) is 31.3 Å². The number of carbonyl (C=O) groups is 4. The number of ether oxygens (including phenoxy) is 4. The third kappa shape index (κ3) is 9.39. The van der Waals surface area contributed by atoms with E-state index < -0.39 is 103 Å². The molecule has 0 aliphatic rings. The summed E-state index contributed by atoms with van der Waals surface area (Å²) in [4.78, 5) is 48.3. The van der Waals surface area contributed by atoms with Crippen molar-refractivity contribution >= 4 is 23.9 Å². The van der Waals surface area contributed by atoms with E-state index in [4.69, 9.17) is 9.47 Å². The molecule has 1 unspecified atom stereocenters. The second kappa shape index (κ2) is 14.5. The van der Waals surface area contributed by atoms with Crippen molar-refractivity contribution in [2.24, 2.45) is 5.41 Å². The van der Waals surface area contributed by atoms with E-state index in [9.17, 15) is 76.3 Å². The summed E-state index contributed by atoms with van der Waals surface area (Å²) in [7, 11) is 0. The third-order valence-corrected chi connectivity index (χ3v) is 5.74. The molecular formula is C26H27F13O8. The summed E-state index contributed by atoms with van der Waals surface area (Å²) in [6.45, 7) is 9.50. The number of hydrogen-bond acceptors (Lipinski definition) is 8. The van der Waals surface area contributed by atoms with Gasteiger partial charge in [0, 0.05) is 16.7 Å². The first kappa shape index (κ1) is 43.2. The zero-order valence-corrected chi connectivity index (χ0v) is 24.7. The Labute approximate surface area is 257 Å². The first-order valence-corrected chi connectivity index (χ1v) is 12.4. The fraction of sp³-hybridized carbons (Fsp3) is 0.615. The van der Waals surface area contributed by atoms with Crippen LogP contribution in [0.3, 0.4) is 0 Å². The molecule has 8 nitrogen and oxygen atoms in total. The van der Waals surface area contributed by atoms with E-state index in [-0.39, 0.29) is 11.1 Å². The summed E-state index contributed by atoms with van der Waals surface area (Å²) in [6, 6.07) is 0. The van der Waals surface area contributed by atoms with E-state index in [0.29, 0.717) is 0 Å². The van der Waals surface area contributed by atoms with Crippen LogP contribution in [0.15, 0.2) is 36.5 Å². The third-order valence-electron chi connectivity index (χ3n) is 5.74. The highest BCUT2D eigenvalue weighted by molar-refractivity contribution is 5.88. The molecule has 270 valence electrons. The summed E-state index contributed by atoms with van der Waals surface area (Å²) < 4.78 is 195. The number of hydrogen-bond donors (Lipinski definition) is 0. The van der Waals surface area contributed by atoms with E-state index in [0.717, 1.165) is 27.7 Å². The molecule has 0 aromatic rings. The topological polar surface area (TPSA) is 105 Å².